The van der Waals surface area contributed by atoms with Crippen LogP contribution in [0, 0.1) is 6.92 Å². The highest BCUT2D eigenvalue weighted by atomic mass is 32.2. The average molecular weight is 360 g/mol. The molecule has 5 nitrogen and oxygen atoms in total. The second-order valence-corrected chi connectivity index (χ2v) is 8.48. The molecule has 0 aliphatic carbocycles. The second-order valence-electron chi connectivity index (χ2n) is 6.33. The Morgan fingerprint density at radius 1 is 1.12 bits per heavy atom. The first-order valence-corrected chi connectivity index (χ1v) is 9.54. The van der Waals surface area contributed by atoms with Crippen LogP contribution in [0.4, 0.5) is 5.69 Å². The molecule has 0 fully saturated rings. The fourth-order valence-electron chi connectivity index (χ4n) is 2.49. The maximum Gasteiger partial charge on any atom is 0.242 e. The number of rotatable bonds is 6. The predicted octanol–water partition coefficient (Wildman–Crippen LogP) is 3.38. The van der Waals surface area contributed by atoms with Crippen molar-refractivity contribution in [2.75, 3.05) is 19.4 Å². The molecular weight excluding hydrogens is 336 g/mol. The second kappa shape index (κ2) is 7.80. The molecular formula is C19H24N2O3S. The van der Waals surface area contributed by atoms with E-state index >= 15 is 0 Å². The Balaban J connectivity index is 2.15. The minimum atomic E-state index is -3.54. The van der Waals surface area contributed by atoms with Crippen LogP contribution in [0.15, 0.2) is 53.4 Å². The highest BCUT2D eigenvalue weighted by Crippen LogP contribution is 2.24. The fourth-order valence-corrected chi connectivity index (χ4v) is 3.41. The van der Waals surface area contributed by atoms with Crippen LogP contribution in [0.25, 0.3) is 0 Å². The van der Waals surface area contributed by atoms with Gasteiger partial charge < -0.3 is 5.32 Å². The average Bonchev–Trinajstić information content (AvgIpc) is 2.57. The molecule has 0 aromatic heterocycles. The van der Waals surface area contributed by atoms with E-state index in [1.165, 1.54) is 20.2 Å². The summed E-state index contributed by atoms with van der Waals surface area (Å²) in [6.45, 7) is 3.83. The molecule has 0 aliphatic heterocycles. The molecule has 2 aromatic rings. The molecule has 0 spiro atoms. The van der Waals surface area contributed by atoms with E-state index in [0.717, 1.165) is 15.4 Å². The third kappa shape index (κ3) is 4.67. The lowest BCUT2D eigenvalue weighted by atomic mass is 9.97. The Bertz CT molecular complexity index is 846. The number of aryl methyl sites for hydroxylation is 1. The van der Waals surface area contributed by atoms with Crippen molar-refractivity contribution in [3.05, 3.63) is 59.7 Å². The molecule has 134 valence electrons. The van der Waals surface area contributed by atoms with E-state index in [1.807, 2.05) is 44.2 Å². The zero-order valence-electron chi connectivity index (χ0n) is 15.0. The van der Waals surface area contributed by atoms with Gasteiger partial charge in [-0.3, -0.25) is 4.79 Å². The Morgan fingerprint density at radius 2 is 1.76 bits per heavy atom. The topological polar surface area (TPSA) is 66.5 Å². The molecule has 6 heteroatoms. The first-order valence-electron chi connectivity index (χ1n) is 8.10. The number of benzene rings is 2. The van der Waals surface area contributed by atoms with E-state index in [9.17, 15) is 13.2 Å². The van der Waals surface area contributed by atoms with Crippen LogP contribution in [0.5, 0.6) is 0 Å². The zero-order chi connectivity index (χ0) is 18.6. The van der Waals surface area contributed by atoms with Crippen LogP contribution in [-0.4, -0.2) is 32.7 Å². The number of carbonyl (C=O) groups excluding carboxylic acids is 1. The summed E-state index contributed by atoms with van der Waals surface area (Å²) in [5, 5.41) is 2.84. The van der Waals surface area contributed by atoms with E-state index in [4.69, 9.17) is 0 Å². The molecule has 1 N–H and O–H groups in total. The van der Waals surface area contributed by atoms with Gasteiger partial charge in [0.1, 0.15) is 0 Å². The van der Waals surface area contributed by atoms with Crippen molar-refractivity contribution in [3.8, 4) is 0 Å². The number of hydrogen-bond acceptors (Lipinski definition) is 3. The molecule has 0 heterocycles. The van der Waals surface area contributed by atoms with E-state index in [2.05, 4.69) is 5.32 Å². The van der Waals surface area contributed by atoms with Crippen LogP contribution in [0.3, 0.4) is 0 Å². The van der Waals surface area contributed by atoms with Crippen molar-refractivity contribution in [3.63, 3.8) is 0 Å². The van der Waals surface area contributed by atoms with E-state index < -0.39 is 10.0 Å². The molecule has 2 aromatic carbocycles. The van der Waals surface area contributed by atoms with E-state index in [-0.39, 0.29) is 16.7 Å². The van der Waals surface area contributed by atoms with Crippen LogP contribution in [-0.2, 0) is 14.8 Å². The normalized spacial score (nSPS) is 12.8. The lowest BCUT2D eigenvalue weighted by molar-refractivity contribution is -0.116. The summed E-state index contributed by atoms with van der Waals surface area (Å²) in [5.41, 5.74) is 2.44. The molecule has 0 bridgehead atoms. The molecule has 0 saturated heterocycles. The van der Waals surface area contributed by atoms with Gasteiger partial charge in [-0.15, -0.1) is 0 Å². The SMILES string of the molecule is Cc1ccc(S(=O)(=O)N(C)C)cc1NC(=O)C[C@H](C)c1ccccc1. The Morgan fingerprint density at radius 3 is 2.36 bits per heavy atom. The van der Waals surface area contributed by atoms with Gasteiger partial charge in [0.15, 0.2) is 0 Å². The molecule has 0 radical (unpaired) electrons. The van der Waals surface area contributed by atoms with Crippen LogP contribution >= 0.6 is 0 Å². The number of nitrogens with zero attached hydrogens (tertiary/aromatic N) is 1. The largest absolute Gasteiger partial charge is 0.326 e. The standard InChI is InChI=1S/C19H24N2O3S/c1-14-10-11-17(25(23,24)21(3)4)13-18(14)20-19(22)12-15(2)16-8-6-5-7-9-16/h5-11,13,15H,12H2,1-4H3,(H,20,22)/t15-/m0/s1. The third-order valence-electron chi connectivity index (χ3n) is 4.12. The molecule has 0 unspecified atom stereocenters. The maximum atomic E-state index is 12.4. The quantitative estimate of drug-likeness (QED) is 0.859. The summed E-state index contributed by atoms with van der Waals surface area (Å²) in [6.07, 6.45) is 0.327. The van der Waals surface area contributed by atoms with Crippen molar-refractivity contribution >= 4 is 21.6 Å². The monoisotopic (exact) mass is 360 g/mol. The lowest BCUT2D eigenvalue weighted by Crippen LogP contribution is -2.22. The summed E-state index contributed by atoms with van der Waals surface area (Å²) in [4.78, 5) is 12.5. The summed E-state index contributed by atoms with van der Waals surface area (Å²) in [7, 11) is -0.574. The van der Waals surface area contributed by atoms with Gasteiger partial charge in [0, 0.05) is 26.2 Å². The van der Waals surface area contributed by atoms with Gasteiger partial charge >= 0.3 is 0 Å². The van der Waals surface area contributed by atoms with Gasteiger partial charge in [0.2, 0.25) is 15.9 Å². The number of hydrogen-bond donors (Lipinski definition) is 1. The highest BCUT2D eigenvalue weighted by Gasteiger charge is 2.19. The van der Waals surface area contributed by atoms with Crippen molar-refractivity contribution in [1.29, 1.82) is 0 Å². The first-order chi connectivity index (χ1) is 11.7. The van der Waals surface area contributed by atoms with Crippen molar-refractivity contribution in [2.45, 2.75) is 31.1 Å². The van der Waals surface area contributed by atoms with Gasteiger partial charge in [0.05, 0.1) is 4.90 Å². The fraction of sp³-hybridized carbons (Fsp3) is 0.316. The summed E-state index contributed by atoms with van der Waals surface area (Å²) in [6, 6.07) is 14.6. The lowest BCUT2D eigenvalue weighted by Gasteiger charge is -2.16. The Hall–Kier alpha value is -2.18. The maximum absolute atomic E-state index is 12.4. The number of nitrogens with one attached hydrogen (secondary N) is 1. The van der Waals surface area contributed by atoms with Crippen LogP contribution in [0.1, 0.15) is 30.4 Å². The van der Waals surface area contributed by atoms with Crippen LogP contribution < -0.4 is 5.32 Å². The predicted molar refractivity (Wildman–Crippen MR) is 100 cm³/mol. The van der Waals surface area contributed by atoms with Crippen LogP contribution in [0.2, 0.25) is 0 Å². The number of amides is 1. The van der Waals surface area contributed by atoms with Crippen molar-refractivity contribution < 1.29 is 13.2 Å². The van der Waals surface area contributed by atoms with Crippen molar-refractivity contribution in [1.82, 2.24) is 4.31 Å². The van der Waals surface area contributed by atoms with Gasteiger partial charge in [-0.25, -0.2) is 12.7 Å². The van der Waals surface area contributed by atoms with Crippen molar-refractivity contribution in [2.24, 2.45) is 0 Å². The first kappa shape index (κ1) is 19.1. The van der Waals surface area contributed by atoms with Gasteiger partial charge in [-0.2, -0.15) is 0 Å². The molecule has 25 heavy (non-hydrogen) atoms. The minimum absolute atomic E-state index is 0.0789. The molecule has 1 atom stereocenters. The molecule has 0 aliphatic rings. The zero-order valence-corrected chi connectivity index (χ0v) is 15.8. The number of carbonyl (C=O) groups is 1. The summed E-state index contributed by atoms with van der Waals surface area (Å²) >= 11 is 0. The Labute approximate surface area is 149 Å². The summed E-state index contributed by atoms with van der Waals surface area (Å²) in [5.74, 6) is -0.0611. The van der Waals surface area contributed by atoms with E-state index in [0.29, 0.717) is 12.1 Å². The highest BCUT2D eigenvalue weighted by molar-refractivity contribution is 7.89. The summed E-state index contributed by atoms with van der Waals surface area (Å²) < 4.78 is 25.7. The molecule has 0 saturated carbocycles. The molecule has 2 rings (SSSR count). The Kier molecular flexibility index (Phi) is 5.98. The minimum Gasteiger partial charge on any atom is -0.326 e. The number of anilines is 1. The smallest absolute Gasteiger partial charge is 0.242 e. The van der Waals surface area contributed by atoms with E-state index in [1.54, 1.807) is 12.1 Å². The number of sulfonamides is 1. The van der Waals surface area contributed by atoms with Gasteiger partial charge in [-0.1, -0.05) is 43.3 Å². The van der Waals surface area contributed by atoms with Gasteiger partial charge in [0.25, 0.3) is 0 Å². The van der Waals surface area contributed by atoms with Gasteiger partial charge in [-0.05, 0) is 36.1 Å². The third-order valence-corrected chi connectivity index (χ3v) is 5.93. The molecule has 1 amide bonds.